The number of terminal acetylenes is 1. The molecule has 0 heterocycles. The summed E-state index contributed by atoms with van der Waals surface area (Å²) in [5.74, 6) is 2.54. The lowest BCUT2D eigenvalue weighted by Gasteiger charge is -2.19. The Balaban J connectivity index is 3.08. The van der Waals surface area contributed by atoms with Crippen LogP contribution >= 0.6 is 11.6 Å². The van der Waals surface area contributed by atoms with Gasteiger partial charge in [-0.25, -0.2) is 0 Å². The molecule has 0 radical (unpaired) electrons. The standard InChI is InChI=1S/C11H12ClNO/c1-3-7-13(2)11-6-4-5-10(12)9(11)8-14/h1,4-6,14H,7-8H2,2H3. The highest BCUT2D eigenvalue weighted by Gasteiger charge is 2.08. The van der Waals surface area contributed by atoms with Crippen molar-refractivity contribution in [2.45, 2.75) is 6.61 Å². The molecule has 0 aliphatic heterocycles. The molecule has 0 aliphatic carbocycles. The Kier molecular flexibility index (Phi) is 3.82. The van der Waals surface area contributed by atoms with E-state index in [9.17, 15) is 0 Å². The van der Waals surface area contributed by atoms with E-state index < -0.39 is 0 Å². The first-order chi connectivity index (χ1) is 6.70. The van der Waals surface area contributed by atoms with Gasteiger partial charge in [0.15, 0.2) is 0 Å². The molecule has 1 N–H and O–H groups in total. The quantitative estimate of drug-likeness (QED) is 0.769. The number of nitrogens with zero attached hydrogens (tertiary/aromatic N) is 1. The van der Waals surface area contributed by atoms with Crippen molar-refractivity contribution in [2.24, 2.45) is 0 Å². The van der Waals surface area contributed by atoms with Crippen LogP contribution in [0, 0.1) is 12.3 Å². The third kappa shape index (κ3) is 2.20. The molecular formula is C11H12ClNO. The molecule has 1 aromatic rings. The molecular weight excluding hydrogens is 198 g/mol. The Bertz CT molecular complexity index is 357. The molecule has 14 heavy (non-hydrogen) atoms. The summed E-state index contributed by atoms with van der Waals surface area (Å²) >= 11 is 5.94. The van der Waals surface area contributed by atoms with Crippen LogP contribution < -0.4 is 4.90 Å². The van der Waals surface area contributed by atoms with Crippen molar-refractivity contribution in [3.05, 3.63) is 28.8 Å². The van der Waals surface area contributed by atoms with Crippen LogP contribution in [0.15, 0.2) is 18.2 Å². The Morgan fingerprint density at radius 2 is 2.29 bits per heavy atom. The number of aliphatic hydroxyl groups excluding tert-OH is 1. The maximum absolute atomic E-state index is 9.15. The van der Waals surface area contributed by atoms with Crippen molar-refractivity contribution < 1.29 is 5.11 Å². The zero-order valence-electron chi connectivity index (χ0n) is 8.00. The Morgan fingerprint density at radius 3 is 2.86 bits per heavy atom. The van der Waals surface area contributed by atoms with Crippen molar-refractivity contribution in [1.29, 1.82) is 0 Å². The van der Waals surface area contributed by atoms with E-state index in [-0.39, 0.29) is 6.61 Å². The van der Waals surface area contributed by atoms with Crippen molar-refractivity contribution in [3.63, 3.8) is 0 Å². The van der Waals surface area contributed by atoms with E-state index in [4.69, 9.17) is 23.1 Å². The van der Waals surface area contributed by atoms with Crippen molar-refractivity contribution >= 4 is 17.3 Å². The van der Waals surface area contributed by atoms with E-state index in [0.29, 0.717) is 17.1 Å². The minimum Gasteiger partial charge on any atom is -0.392 e. The molecule has 0 bridgehead atoms. The monoisotopic (exact) mass is 209 g/mol. The van der Waals surface area contributed by atoms with E-state index >= 15 is 0 Å². The van der Waals surface area contributed by atoms with Gasteiger partial charge in [0, 0.05) is 23.3 Å². The molecule has 0 atom stereocenters. The SMILES string of the molecule is C#CCN(C)c1cccc(Cl)c1CO. The van der Waals surface area contributed by atoms with Gasteiger partial charge in [-0.3, -0.25) is 0 Å². The van der Waals surface area contributed by atoms with Crippen LogP contribution in [0.4, 0.5) is 5.69 Å². The number of benzene rings is 1. The summed E-state index contributed by atoms with van der Waals surface area (Å²) in [6.45, 7) is 0.414. The molecule has 2 nitrogen and oxygen atoms in total. The first kappa shape index (κ1) is 10.9. The van der Waals surface area contributed by atoms with Crippen LogP contribution in [0.5, 0.6) is 0 Å². The summed E-state index contributed by atoms with van der Waals surface area (Å²) in [6.07, 6.45) is 5.21. The molecule has 0 spiro atoms. The number of halogens is 1. The summed E-state index contributed by atoms with van der Waals surface area (Å²) < 4.78 is 0. The summed E-state index contributed by atoms with van der Waals surface area (Å²) in [6, 6.07) is 5.47. The average molecular weight is 210 g/mol. The Morgan fingerprint density at radius 1 is 1.57 bits per heavy atom. The molecule has 0 saturated heterocycles. The largest absolute Gasteiger partial charge is 0.392 e. The highest BCUT2D eigenvalue weighted by molar-refractivity contribution is 6.31. The van der Waals surface area contributed by atoms with Gasteiger partial charge in [-0.1, -0.05) is 23.6 Å². The highest BCUT2D eigenvalue weighted by atomic mass is 35.5. The lowest BCUT2D eigenvalue weighted by molar-refractivity contribution is 0.282. The zero-order valence-corrected chi connectivity index (χ0v) is 8.75. The molecule has 0 aromatic heterocycles. The third-order valence-electron chi connectivity index (χ3n) is 1.99. The average Bonchev–Trinajstić information content (AvgIpc) is 2.17. The third-order valence-corrected chi connectivity index (χ3v) is 2.35. The van der Waals surface area contributed by atoms with Gasteiger partial charge in [0.05, 0.1) is 13.2 Å². The molecule has 1 rings (SSSR count). The fourth-order valence-corrected chi connectivity index (χ4v) is 1.51. The normalized spacial score (nSPS) is 9.57. The highest BCUT2D eigenvalue weighted by Crippen LogP contribution is 2.26. The minimum atomic E-state index is -0.0794. The van der Waals surface area contributed by atoms with Crippen molar-refractivity contribution in [2.75, 3.05) is 18.5 Å². The second kappa shape index (κ2) is 4.90. The second-order valence-electron chi connectivity index (χ2n) is 2.96. The maximum Gasteiger partial charge on any atom is 0.0788 e. The molecule has 0 amide bonds. The summed E-state index contributed by atoms with van der Waals surface area (Å²) in [4.78, 5) is 1.87. The predicted octanol–water partition coefficient (Wildman–Crippen LogP) is 1.90. The molecule has 0 fully saturated rings. The Labute approximate surface area is 89.1 Å². The second-order valence-corrected chi connectivity index (χ2v) is 3.36. The molecule has 1 aromatic carbocycles. The summed E-state index contributed by atoms with van der Waals surface area (Å²) in [5, 5.41) is 9.72. The van der Waals surface area contributed by atoms with Gasteiger partial charge >= 0.3 is 0 Å². The van der Waals surface area contributed by atoms with Crippen LogP contribution in [0.1, 0.15) is 5.56 Å². The van der Waals surface area contributed by atoms with Gasteiger partial charge in [0.25, 0.3) is 0 Å². The first-order valence-electron chi connectivity index (χ1n) is 4.23. The van der Waals surface area contributed by atoms with Gasteiger partial charge in [0.1, 0.15) is 0 Å². The molecule has 74 valence electrons. The van der Waals surface area contributed by atoms with Crippen LogP contribution in [-0.2, 0) is 6.61 Å². The first-order valence-corrected chi connectivity index (χ1v) is 4.61. The lowest BCUT2D eigenvalue weighted by Crippen LogP contribution is -2.18. The van der Waals surface area contributed by atoms with E-state index in [1.807, 2.05) is 24.1 Å². The molecule has 0 unspecified atom stereocenters. The maximum atomic E-state index is 9.15. The van der Waals surface area contributed by atoms with E-state index in [2.05, 4.69) is 5.92 Å². The zero-order chi connectivity index (χ0) is 10.6. The van der Waals surface area contributed by atoms with Crippen LogP contribution in [-0.4, -0.2) is 18.7 Å². The van der Waals surface area contributed by atoms with Crippen LogP contribution in [0.3, 0.4) is 0 Å². The van der Waals surface area contributed by atoms with Gasteiger partial charge in [0.2, 0.25) is 0 Å². The predicted molar refractivity (Wildman–Crippen MR) is 59.5 cm³/mol. The minimum absolute atomic E-state index is 0.0794. The van der Waals surface area contributed by atoms with E-state index in [0.717, 1.165) is 5.69 Å². The van der Waals surface area contributed by atoms with Gasteiger partial charge in [-0.15, -0.1) is 6.42 Å². The summed E-state index contributed by atoms with van der Waals surface area (Å²) in [7, 11) is 1.87. The number of hydrogen-bond donors (Lipinski definition) is 1. The molecule has 0 aliphatic rings. The van der Waals surface area contributed by atoms with Gasteiger partial charge < -0.3 is 10.0 Å². The number of anilines is 1. The van der Waals surface area contributed by atoms with Crippen LogP contribution in [0.25, 0.3) is 0 Å². The molecule has 3 heteroatoms. The lowest BCUT2D eigenvalue weighted by atomic mass is 10.1. The smallest absolute Gasteiger partial charge is 0.0788 e. The van der Waals surface area contributed by atoms with Gasteiger partial charge in [-0.05, 0) is 12.1 Å². The van der Waals surface area contributed by atoms with E-state index in [1.165, 1.54) is 0 Å². The topological polar surface area (TPSA) is 23.5 Å². The fraction of sp³-hybridized carbons (Fsp3) is 0.273. The fourth-order valence-electron chi connectivity index (χ4n) is 1.28. The van der Waals surface area contributed by atoms with Crippen molar-refractivity contribution in [1.82, 2.24) is 0 Å². The number of rotatable bonds is 3. The Hall–Kier alpha value is -1.17. The summed E-state index contributed by atoms with van der Waals surface area (Å²) in [5.41, 5.74) is 1.59. The van der Waals surface area contributed by atoms with E-state index in [1.54, 1.807) is 6.07 Å². The molecule has 0 saturated carbocycles. The number of hydrogen-bond acceptors (Lipinski definition) is 2. The van der Waals surface area contributed by atoms with Crippen LogP contribution in [0.2, 0.25) is 5.02 Å². The van der Waals surface area contributed by atoms with Crippen molar-refractivity contribution in [3.8, 4) is 12.3 Å². The van der Waals surface area contributed by atoms with Gasteiger partial charge in [-0.2, -0.15) is 0 Å². The number of aliphatic hydroxyl groups is 1.